The van der Waals surface area contributed by atoms with Gasteiger partial charge < -0.3 is 14.6 Å². The number of pyridine rings is 1. The monoisotopic (exact) mass is 261 g/mol. The Morgan fingerprint density at radius 3 is 2.86 bits per heavy atom. The van der Waals surface area contributed by atoms with Gasteiger partial charge in [-0.15, -0.1) is 0 Å². The van der Waals surface area contributed by atoms with Crippen LogP contribution < -0.4 is 4.74 Å². The summed E-state index contributed by atoms with van der Waals surface area (Å²) in [5, 5.41) is 8.44. The van der Waals surface area contributed by atoms with Crippen LogP contribution in [0.15, 0.2) is 22.9 Å². The van der Waals surface area contributed by atoms with Crippen molar-refractivity contribution in [2.45, 2.75) is 0 Å². The van der Waals surface area contributed by atoms with E-state index in [0.717, 1.165) is 4.47 Å². The minimum absolute atomic E-state index is 0.0401. The van der Waals surface area contributed by atoms with Crippen LogP contribution in [0.4, 0.5) is 0 Å². The van der Waals surface area contributed by atoms with Crippen LogP contribution in [0.1, 0.15) is 0 Å². The Labute approximate surface area is 91.0 Å². The predicted molar refractivity (Wildman–Crippen MR) is 55.3 cm³/mol. The second kappa shape index (κ2) is 6.75. The summed E-state index contributed by atoms with van der Waals surface area (Å²) in [5.41, 5.74) is 0. The molecule has 0 spiro atoms. The van der Waals surface area contributed by atoms with Gasteiger partial charge in [0.05, 0.1) is 26.0 Å². The van der Waals surface area contributed by atoms with Crippen LogP contribution in [0.5, 0.6) is 5.75 Å². The summed E-state index contributed by atoms with van der Waals surface area (Å²) in [6.45, 7) is 1.31. The average molecular weight is 262 g/mol. The van der Waals surface area contributed by atoms with Crippen LogP contribution in [0.2, 0.25) is 0 Å². The van der Waals surface area contributed by atoms with Crippen molar-refractivity contribution in [3.8, 4) is 5.75 Å². The van der Waals surface area contributed by atoms with Crippen molar-refractivity contribution < 1.29 is 14.6 Å². The molecule has 0 aliphatic rings. The number of hydrogen-bond donors (Lipinski definition) is 1. The second-order valence-corrected chi connectivity index (χ2v) is 3.44. The molecule has 14 heavy (non-hydrogen) atoms. The molecule has 1 heterocycles. The molecule has 0 bridgehead atoms. The van der Waals surface area contributed by atoms with Gasteiger partial charge >= 0.3 is 0 Å². The smallest absolute Gasteiger partial charge is 0.138 e. The Bertz CT molecular complexity index is 270. The lowest BCUT2D eigenvalue weighted by Crippen LogP contribution is -2.09. The van der Waals surface area contributed by atoms with Crippen molar-refractivity contribution in [3.05, 3.63) is 22.9 Å². The van der Waals surface area contributed by atoms with Gasteiger partial charge in [-0.3, -0.25) is 4.98 Å². The van der Waals surface area contributed by atoms with Crippen molar-refractivity contribution >= 4 is 15.9 Å². The lowest BCUT2D eigenvalue weighted by atomic mass is 10.5. The van der Waals surface area contributed by atoms with Gasteiger partial charge in [0.15, 0.2) is 0 Å². The van der Waals surface area contributed by atoms with Crippen molar-refractivity contribution in [3.63, 3.8) is 0 Å². The largest absolute Gasteiger partial charge is 0.490 e. The molecule has 1 N–H and O–H groups in total. The maximum absolute atomic E-state index is 8.44. The van der Waals surface area contributed by atoms with Crippen molar-refractivity contribution in [1.29, 1.82) is 0 Å². The lowest BCUT2D eigenvalue weighted by Gasteiger charge is -2.05. The van der Waals surface area contributed by atoms with Crippen molar-refractivity contribution in [1.82, 2.24) is 4.98 Å². The molecule has 0 unspecified atom stereocenters. The Morgan fingerprint density at radius 1 is 1.29 bits per heavy atom. The number of nitrogens with zero attached hydrogens (tertiary/aromatic N) is 1. The van der Waals surface area contributed by atoms with Gasteiger partial charge in [0.25, 0.3) is 0 Å². The predicted octanol–water partition coefficient (Wildman–Crippen LogP) is 1.23. The Kier molecular flexibility index (Phi) is 5.51. The molecule has 0 saturated carbocycles. The lowest BCUT2D eigenvalue weighted by molar-refractivity contribution is 0.0704. The van der Waals surface area contributed by atoms with E-state index in [9.17, 15) is 0 Å². The molecular formula is C9H12BrNO3. The van der Waals surface area contributed by atoms with Gasteiger partial charge in [0.1, 0.15) is 12.4 Å². The summed E-state index contributed by atoms with van der Waals surface area (Å²) in [5.74, 6) is 0.701. The van der Waals surface area contributed by atoms with Crippen molar-refractivity contribution in [2.24, 2.45) is 0 Å². The molecule has 4 nitrogen and oxygen atoms in total. The first-order valence-electron chi connectivity index (χ1n) is 4.25. The molecule has 5 heteroatoms. The first kappa shape index (κ1) is 11.4. The molecule has 0 aliphatic carbocycles. The van der Waals surface area contributed by atoms with Gasteiger partial charge in [0, 0.05) is 10.7 Å². The molecule has 0 fully saturated rings. The maximum Gasteiger partial charge on any atom is 0.138 e. The van der Waals surface area contributed by atoms with Crippen LogP contribution in [0, 0.1) is 0 Å². The fourth-order valence-electron chi connectivity index (χ4n) is 0.856. The molecule has 0 aliphatic heterocycles. The van der Waals surface area contributed by atoms with E-state index in [2.05, 4.69) is 20.9 Å². The number of ether oxygens (including phenoxy) is 2. The third-order valence-electron chi connectivity index (χ3n) is 1.41. The van der Waals surface area contributed by atoms with Gasteiger partial charge in [-0.2, -0.15) is 0 Å². The van der Waals surface area contributed by atoms with E-state index < -0.39 is 0 Å². The van der Waals surface area contributed by atoms with Gasteiger partial charge in [-0.25, -0.2) is 0 Å². The summed E-state index contributed by atoms with van der Waals surface area (Å²) in [7, 11) is 0. The first-order valence-corrected chi connectivity index (χ1v) is 5.04. The van der Waals surface area contributed by atoms with Crippen LogP contribution in [0.25, 0.3) is 0 Å². The molecule has 78 valence electrons. The SMILES string of the molecule is OCCOCCOc1cncc(Br)c1. The van der Waals surface area contributed by atoms with E-state index in [0.29, 0.717) is 25.6 Å². The average Bonchev–Trinajstić information content (AvgIpc) is 2.18. The summed E-state index contributed by atoms with van der Waals surface area (Å²) in [6, 6.07) is 1.83. The van der Waals surface area contributed by atoms with Crippen LogP contribution in [-0.4, -0.2) is 36.5 Å². The van der Waals surface area contributed by atoms with Gasteiger partial charge in [-0.05, 0) is 22.0 Å². The highest BCUT2D eigenvalue weighted by Crippen LogP contribution is 2.15. The zero-order valence-electron chi connectivity index (χ0n) is 7.65. The van der Waals surface area contributed by atoms with Crippen LogP contribution >= 0.6 is 15.9 Å². The van der Waals surface area contributed by atoms with Crippen LogP contribution in [-0.2, 0) is 4.74 Å². The summed E-state index contributed by atoms with van der Waals surface area (Å²) in [6.07, 6.45) is 3.33. The number of hydrogen-bond acceptors (Lipinski definition) is 4. The molecule has 1 aromatic heterocycles. The number of aliphatic hydroxyl groups excluding tert-OH is 1. The molecular weight excluding hydrogens is 250 g/mol. The highest BCUT2D eigenvalue weighted by Gasteiger charge is 1.95. The molecule has 0 atom stereocenters. The minimum Gasteiger partial charge on any atom is -0.490 e. The quantitative estimate of drug-likeness (QED) is 0.783. The standard InChI is InChI=1S/C9H12BrNO3/c10-8-5-9(7-11-6-8)14-4-3-13-2-1-12/h5-7,12H,1-4H2. The Balaban J connectivity index is 2.18. The summed E-state index contributed by atoms with van der Waals surface area (Å²) in [4.78, 5) is 3.95. The van der Waals surface area contributed by atoms with Gasteiger partial charge in [-0.1, -0.05) is 0 Å². The number of halogens is 1. The van der Waals surface area contributed by atoms with E-state index >= 15 is 0 Å². The van der Waals surface area contributed by atoms with Gasteiger partial charge in [0.2, 0.25) is 0 Å². The van der Waals surface area contributed by atoms with E-state index in [4.69, 9.17) is 14.6 Å². The van der Waals surface area contributed by atoms with E-state index in [1.807, 2.05) is 6.07 Å². The molecule has 1 aromatic rings. The third kappa shape index (κ3) is 4.55. The van der Waals surface area contributed by atoms with E-state index in [-0.39, 0.29) is 6.61 Å². The van der Waals surface area contributed by atoms with Crippen LogP contribution in [0.3, 0.4) is 0 Å². The Morgan fingerprint density at radius 2 is 2.14 bits per heavy atom. The van der Waals surface area contributed by atoms with E-state index in [1.165, 1.54) is 0 Å². The third-order valence-corrected chi connectivity index (χ3v) is 1.85. The molecule has 0 radical (unpaired) electrons. The normalized spacial score (nSPS) is 10.1. The molecule has 0 amide bonds. The maximum atomic E-state index is 8.44. The van der Waals surface area contributed by atoms with E-state index in [1.54, 1.807) is 12.4 Å². The number of aliphatic hydroxyl groups is 1. The number of rotatable bonds is 6. The van der Waals surface area contributed by atoms with Crippen molar-refractivity contribution in [2.75, 3.05) is 26.4 Å². The molecule has 1 rings (SSSR count). The Hall–Kier alpha value is -0.650. The second-order valence-electron chi connectivity index (χ2n) is 2.52. The topological polar surface area (TPSA) is 51.6 Å². The summed E-state index contributed by atoms with van der Waals surface area (Å²) >= 11 is 3.29. The minimum atomic E-state index is 0.0401. The highest BCUT2D eigenvalue weighted by atomic mass is 79.9. The summed E-state index contributed by atoms with van der Waals surface area (Å²) < 4.78 is 11.2. The molecule has 0 saturated heterocycles. The zero-order chi connectivity index (χ0) is 10.2. The fraction of sp³-hybridized carbons (Fsp3) is 0.444. The fourth-order valence-corrected chi connectivity index (χ4v) is 1.20. The highest BCUT2D eigenvalue weighted by molar-refractivity contribution is 9.10. The number of aromatic nitrogens is 1. The molecule has 0 aromatic carbocycles. The first-order chi connectivity index (χ1) is 6.83. The zero-order valence-corrected chi connectivity index (χ0v) is 9.24.